The van der Waals surface area contributed by atoms with E-state index in [-0.39, 0.29) is 17.2 Å². The minimum atomic E-state index is -1.82. The Balaban J connectivity index is 3.13. The lowest BCUT2D eigenvalue weighted by Crippen LogP contribution is -2.59. The van der Waals surface area contributed by atoms with Gasteiger partial charge in [0.05, 0.1) is 5.71 Å². The highest BCUT2D eigenvalue weighted by Gasteiger charge is 2.52. The SMILES string of the molecule is CC1=NNC(=O)C1(CCO)N(O)C(=O)O. The summed E-state index contributed by atoms with van der Waals surface area (Å²) in [7, 11) is 0. The van der Waals surface area contributed by atoms with Gasteiger partial charge in [-0.15, -0.1) is 0 Å². The predicted octanol–water partition coefficient (Wildman–Crippen LogP) is -1.02. The molecule has 15 heavy (non-hydrogen) atoms. The van der Waals surface area contributed by atoms with Crippen LogP contribution in [-0.4, -0.2) is 50.3 Å². The molecular formula is C7H11N3O5. The van der Waals surface area contributed by atoms with Crippen LogP contribution < -0.4 is 5.43 Å². The highest BCUT2D eigenvalue weighted by Crippen LogP contribution is 2.24. The van der Waals surface area contributed by atoms with Crippen molar-refractivity contribution in [2.75, 3.05) is 6.61 Å². The summed E-state index contributed by atoms with van der Waals surface area (Å²) in [5.74, 6) is -0.779. The van der Waals surface area contributed by atoms with Crippen LogP contribution >= 0.6 is 0 Å². The Morgan fingerprint density at radius 1 is 1.67 bits per heavy atom. The first-order valence-electron chi connectivity index (χ1n) is 4.15. The van der Waals surface area contributed by atoms with Crippen LogP contribution in [-0.2, 0) is 4.79 Å². The Morgan fingerprint density at radius 2 is 2.27 bits per heavy atom. The van der Waals surface area contributed by atoms with E-state index in [1.54, 1.807) is 0 Å². The van der Waals surface area contributed by atoms with Gasteiger partial charge in [-0.1, -0.05) is 0 Å². The second kappa shape index (κ2) is 3.83. The second-order valence-corrected chi connectivity index (χ2v) is 3.07. The van der Waals surface area contributed by atoms with Gasteiger partial charge in [-0.05, 0) is 6.92 Å². The van der Waals surface area contributed by atoms with E-state index in [2.05, 4.69) is 10.5 Å². The highest BCUT2D eigenvalue weighted by atomic mass is 16.6. The van der Waals surface area contributed by atoms with E-state index in [9.17, 15) is 14.8 Å². The van der Waals surface area contributed by atoms with Crippen molar-refractivity contribution in [3.8, 4) is 0 Å². The molecule has 1 rings (SSSR count). The number of hydroxylamine groups is 2. The molecule has 0 aromatic carbocycles. The minimum Gasteiger partial charge on any atom is -0.463 e. The van der Waals surface area contributed by atoms with Gasteiger partial charge < -0.3 is 10.2 Å². The minimum absolute atomic E-state index is 0.0893. The van der Waals surface area contributed by atoms with Crippen molar-refractivity contribution in [3.05, 3.63) is 0 Å². The zero-order chi connectivity index (χ0) is 11.6. The van der Waals surface area contributed by atoms with Crippen LogP contribution in [0.3, 0.4) is 0 Å². The van der Waals surface area contributed by atoms with Crippen LogP contribution in [0.1, 0.15) is 13.3 Å². The number of carboxylic acid groups (broad SMARTS) is 1. The molecule has 0 spiro atoms. The fourth-order valence-corrected chi connectivity index (χ4v) is 1.46. The van der Waals surface area contributed by atoms with Gasteiger partial charge in [0.15, 0.2) is 5.54 Å². The quantitative estimate of drug-likeness (QED) is 0.356. The molecule has 4 N–H and O–H groups in total. The van der Waals surface area contributed by atoms with Crippen molar-refractivity contribution >= 4 is 17.7 Å². The normalized spacial score (nSPS) is 24.7. The molecule has 0 radical (unpaired) electrons. The molecule has 1 aliphatic rings. The summed E-state index contributed by atoms with van der Waals surface area (Å²) < 4.78 is 0. The molecule has 0 aliphatic carbocycles. The number of hydrogen-bond acceptors (Lipinski definition) is 5. The molecule has 0 aromatic rings. The molecule has 2 amide bonds. The Kier molecular flexibility index (Phi) is 2.91. The molecule has 1 aliphatic heterocycles. The fraction of sp³-hybridized carbons (Fsp3) is 0.571. The van der Waals surface area contributed by atoms with E-state index >= 15 is 0 Å². The summed E-state index contributed by atoms with van der Waals surface area (Å²) in [5, 5.41) is 30.2. The van der Waals surface area contributed by atoms with Crippen LogP contribution in [0.5, 0.6) is 0 Å². The Morgan fingerprint density at radius 3 is 2.60 bits per heavy atom. The van der Waals surface area contributed by atoms with E-state index in [1.807, 2.05) is 0 Å². The van der Waals surface area contributed by atoms with Crippen molar-refractivity contribution in [1.82, 2.24) is 10.5 Å². The number of carbonyl (C=O) groups excluding carboxylic acids is 1. The average molecular weight is 217 g/mol. The van der Waals surface area contributed by atoms with Gasteiger partial charge >= 0.3 is 6.09 Å². The predicted molar refractivity (Wildman–Crippen MR) is 47.3 cm³/mol. The first kappa shape index (κ1) is 11.4. The van der Waals surface area contributed by atoms with Gasteiger partial charge in [-0.2, -0.15) is 10.2 Å². The topological polar surface area (TPSA) is 122 Å². The van der Waals surface area contributed by atoms with Gasteiger partial charge in [0, 0.05) is 13.0 Å². The lowest BCUT2D eigenvalue weighted by molar-refractivity contribution is -0.153. The second-order valence-electron chi connectivity index (χ2n) is 3.07. The monoisotopic (exact) mass is 217 g/mol. The van der Waals surface area contributed by atoms with Crippen molar-refractivity contribution < 1.29 is 25.0 Å². The summed E-state index contributed by atoms with van der Waals surface area (Å²) >= 11 is 0. The van der Waals surface area contributed by atoms with Crippen LogP contribution in [0.4, 0.5) is 4.79 Å². The molecular weight excluding hydrogens is 206 g/mol. The number of nitrogens with zero attached hydrogens (tertiary/aromatic N) is 2. The molecule has 8 nitrogen and oxygen atoms in total. The molecule has 0 fully saturated rings. The number of hydrazone groups is 1. The first-order chi connectivity index (χ1) is 6.96. The van der Waals surface area contributed by atoms with Crippen LogP contribution in [0.25, 0.3) is 0 Å². The Labute approximate surface area is 84.8 Å². The lowest BCUT2D eigenvalue weighted by atomic mass is 9.90. The molecule has 1 atom stereocenters. The summed E-state index contributed by atoms with van der Waals surface area (Å²) in [6.07, 6.45) is -1.94. The molecule has 0 saturated carbocycles. The Hall–Kier alpha value is -1.67. The summed E-state index contributed by atoms with van der Waals surface area (Å²) in [6, 6.07) is 0. The maximum Gasteiger partial charge on any atom is 0.432 e. The van der Waals surface area contributed by atoms with Gasteiger partial charge in [-0.3, -0.25) is 10.0 Å². The van der Waals surface area contributed by atoms with Crippen molar-refractivity contribution in [2.45, 2.75) is 18.9 Å². The third-order valence-electron chi connectivity index (χ3n) is 2.32. The zero-order valence-electron chi connectivity index (χ0n) is 7.97. The highest BCUT2D eigenvalue weighted by molar-refractivity contribution is 6.16. The van der Waals surface area contributed by atoms with E-state index < -0.39 is 24.1 Å². The van der Waals surface area contributed by atoms with E-state index in [0.717, 1.165) is 0 Å². The van der Waals surface area contributed by atoms with Gasteiger partial charge in [0.2, 0.25) is 0 Å². The summed E-state index contributed by atoms with van der Waals surface area (Å²) in [5.41, 5.74) is 0.324. The maximum atomic E-state index is 11.4. The number of aliphatic hydroxyl groups is 1. The molecule has 0 bridgehead atoms. The third kappa shape index (κ3) is 1.53. The van der Waals surface area contributed by atoms with E-state index in [1.165, 1.54) is 6.92 Å². The largest absolute Gasteiger partial charge is 0.463 e. The van der Waals surface area contributed by atoms with Crippen molar-refractivity contribution in [2.24, 2.45) is 5.10 Å². The average Bonchev–Trinajstić information content (AvgIpc) is 2.46. The van der Waals surface area contributed by atoms with E-state index in [0.29, 0.717) is 0 Å². The van der Waals surface area contributed by atoms with Crippen LogP contribution in [0.2, 0.25) is 0 Å². The molecule has 0 saturated heterocycles. The summed E-state index contributed by atoms with van der Waals surface area (Å²) in [4.78, 5) is 22.1. The third-order valence-corrected chi connectivity index (χ3v) is 2.32. The summed E-state index contributed by atoms with van der Waals surface area (Å²) in [6.45, 7) is 0.935. The van der Waals surface area contributed by atoms with Gasteiger partial charge in [0.25, 0.3) is 5.91 Å². The number of nitrogens with one attached hydrogen (secondary N) is 1. The number of hydrogen-bond donors (Lipinski definition) is 4. The fourth-order valence-electron chi connectivity index (χ4n) is 1.46. The van der Waals surface area contributed by atoms with Crippen molar-refractivity contribution in [1.29, 1.82) is 0 Å². The molecule has 0 aromatic heterocycles. The number of amides is 2. The smallest absolute Gasteiger partial charge is 0.432 e. The number of carbonyl (C=O) groups is 2. The van der Waals surface area contributed by atoms with Crippen LogP contribution in [0, 0.1) is 0 Å². The number of rotatable bonds is 3. The maximum absolute atomic E-state index is 11.4. The molecule has 1 heterocycles. The van der Waals surface area contributed by atoms with Gasteiger partial charge in [-0.25, -0.2) is 10.2 Å². The first-order valence-corrected chi connectivity index (χ1v) is 4.15. The van der Waals surface area contributed by atoms with Crippen LogP contribution in [0.15, 0.2) is 5.10 Å². The standard InChI is InChI=1S/C7H11N3O5/c1-4-7(2-3-11,5(12)9-8-4)10(15)6(13)14/h11,15H,2-3H2,1H3,(H,9,12)(H,13,14). The molecule has 84 valence electrons. The molecule has 8 heteroatoms. The molecule has 1 unspecified atom stereocenters. The van der Waals surface area contributed by atoms with E-state index in [4.69, 9.17) is 10.2 Å². The number of aliphatic hydroxyl groups excluding tert-OH is 1. The zero-order valence-corrected chi connectivity index (χ0v) is 7.97. The van der Waals surface area contributed by atoms with Crippen molar-refractivity contribution in [3.63, 3.8) is 0 Å². The Bertz CT molecular complexity index is 329. The van der Waals surface area contributed by atoms with Gasteiger partial charge in [0.1, 0.15) is 0 Å². The lowest BCUT2D eigenvalue weighted by Gasteiger charge is -2.31.